The van der Waals surface area contributed by atoms with Gasteiger partial charge in [-0.2, -0.15) is 0 Å². The lowest BCUT2D eigenvalue weighted by Crippen LogP contribution is -2.37. The first kappa shape index (κ1) is 13.1. The normalized spacial score (nSPS) is 25.0. The lowest BCUT2D eigenvalue weighted by atomic mass is 10.00. The maximum Gasteiger partial charge on any atom is 0.0617 e. The van der Waals surface area contributed by atoms with Crippen LogP contribution in [0.3, 0.4) is 0 Å². The van der Waals surface area contributed by atoms with Crippen molar-refractivity contribution in [2.24, 2.45) is 5.92 Å². The minimum Gasteiger partial charge on any atom is -0.395 e. The van der Waals surface area contributed by atoms with E-state index >= 15 is 0 Å². The van der Waals surface area contributed by atoms with Gasteiger partial charge in [-0.15, -0.1) is 0 Å². The van der Waals surface area contributed by atoms with Gasteiger partial charge < -0.3 is 5.11 Å². The topological polar surface area (TPSA) is 23.5 Å². The van der Waals surface area contributed by atoms with E-state index in [1.165, 1.54) is 28.7 Å². The van der Waals surface area contributed by atoms with Gasteiger partial charge in [0.2, 0.25) is 0 Å². The summed E-state index contributed by atoms with van der Waals surface area (Å²) >= 11 is 0. The molecule has 108 valence electrons. The Kier molecular flexibility index (Phi) is 3.09. The summed E-state index contributed by atoms with van der Waals surface area (Å²) < 4.78 is 0. The lowest BCUT2D eigenvalue weighted by molar-refractivity contribution is 0.118. The zero-order valence-electron chi connectivity index (χ0n) is 12.4. The summed E-state index contributed by atoms with van der Waals surface area (Å²) in [7, 11) is 0. The molecule has 1 fully saturated rings. The van der Waals surface area contributed by atoms with Crippen LogP contribution in [0.25, 0.3) is 11.1 Å². The van der Waals surface area contributed by atoms with E-state index in [2.05, 4.69) is 60.4 Å². The predicted octanol–water partition coefficient (Wildman–Crippen LogP) is 3.46. The largest absolute Gasteiger partial charge is 0.395 e. The van der Waals surface area contributed by atoms with E-state index < -0.39 is 0 Å². The number of aliphatic hydroxyl groups excluding tert-OH is 1. The molecule has 0 saturated carbocycles. The molecule has 4 rings (SSSR count). The highest BCUT2D eigenvalue weighted by Gasteiger charge is 2.40. The van der Waals surface area contributed by atoms with Gasteiger partial charge in [-0.05, 0) is 41.1 Å². The summed E-state index contributed by atoms with van der Waals surface area (Å²) in [6.07, 6.45) is 1.17. The Morgan fingerprint density at radius 1 is 1.00 bits per heavy atom. The number of nitrogens with zero attached hydrogens (tertiary/aromatic N) is 1. The molecule has 0 bridgehead atoms. The molecule has 1 N–H and O–H groups in total. The van der Waals surface area contributed by atoms with Gasteiger partial charge in [0.25, 0.3) is 0 Å². The monoisotopic (exact) mass is 279 g/mol. The molecule has 2 aliphatic rings. The van der Waals surface area contributed by atoms with Crippen LogP contribution in [0.2, 0.25) is 0 Å². The number of hydrogen-bond donors (Lipinski definition) is 1. The molecule has 21 heavy (non-hydrogen) atoms. The van der Waals surface area contributed by atoms with E-state index in [-0.39, 0.29) is 12.6 Å². The van der Waals surface area contributed by atoms with Crippen molar-refractivity contribution in [3.8, 4) is 11.1 Å². The van der Waals surface area contributed by atoms with Crippen LogP contribution in [0, 0.1) is 5.92 Å². The van der Waals surface area contributed by atoms with Crippen LogP contribution in [0.1, 0.15) is 30.5 Å². The summed E-state index contributed by atoms with van der Waals surface area (Å²) in [5, 5.41) is 9.82. The zero-order valence-corrected chi connectivity index (χ0v) is 12.4. The first-order valence-corrected chi connectivity index (χ1v) is 7.86. The summed E-state index contributed by atoms with van der Waals surface area (Å²) in [5.74, 6) is 0.565. The molecular formula is C19H21NO. The van der Waals surface area contributed by atoms with Crippen LogP contribution >= 0.6 is 0 Å². The van der Waals surface area contributed by atoms with Crippen LogP contribution in [-0.2, 0) is 0 Å². The third kappa shape index (κ3) is 1.86. The highest BCUT2D eigenvalue weighted by molar-refractivity contribution is 5.78. The molecule has 2 atom stereocenters. The summed E-state index contributed by atoms with van der Waals surface area (Å²) in [6.45, 7) is 3.58. The van der Waals surface area contributed by atoms with E-state index in [9.17, 15) is 5.11 Å². The van der Waals surface area contributed by atoms with E-state index in [4.69, 9.17) is 0 Å². The first-order chi connectivity index (χ1) is 10.3. The quantitative estimate of drug-likeness (QED) is 0.910. The van der Waals surface area contributed by atoms with Crippen LogP contribution in [0.15, 0.2) is 48.5 Å². The Balaban J connectivity index is 1.85. The standard InChI is InChI=1S/C19H21NO/c1-13-10-11-20(18(13)12-21)19-16-8-4-2-6-14(16)15-7-3-5-9-17(15)19/h2-9,13,18-19,21H,10-12H2,1H3. The maximum absolute atomic E-state index is 9.82. The highest BCUT2D eigenvalue weighted by Crippen LogP contribution is 2.48. The number of rotatable bonds is 2. The number of fused-ring (bicyclic) bond motifs is 3. The predicted molar refractivity (Wildman–Crippen MR) is 85.1 cm³/mol. The average molecular weight is 279 g/mol. The maximum atomic E-state index is 9.82. The van der Waals surface area contributed by atoms with Crippen molar-refractivity contribution in [3.63, 3.8) is 0 Å². The van der Waals surface area contributed by atoms with Gasteiger partial charge >= 0.3 is 0 Å². The number of benzene rings is 2. The molecule has 1 saturated heterocycles. The second-order valence-electron chi connectivity index (χ2n) is 6.33. The molecule has 2 unspecified atom stereocenters. The van der Waals surface area contributed by atoms with Crippen molar-refractivity contribution in [3.05, 3.63) is 59.7 Å². The fraction of sp³-hybridized carbons (Fsp3) is 0.368. The Hall–Kier alpha value is -1.64. The molecule has 0 amide bonds. The van der Waals surface area contributed by atoms with Gasteiger partial charge in [-0.3, -0.25) is 4.90 Å². The van der Waals surface area contributed by atoms with Crippen LogP contribution < -0.4 is 0 Å². The molecule has 2 aromatic rings. The van der Waals surface area contributed by atoms with Gasteiger partial charge in [0.1, 0.15) is 0 Å². The smallest absolute Gasteiger partial charge is 0.0617 e. The minimum atomic E-state index is 0.252. The molecule has 0 radical (unpaired) electrons. The number of aliphatic hydroxyl groups is 1. The van der Waals surface area contributed by atoms with Crippen LogP contribution in [-0.4, -0.2) is 29.2 Å². The second kappa shape index (κ2) is 4.97. The fourth-order valence-electron chi connectivity index (χ4n) is 4.13. The van der Waals surface area contributed by atoms with Gasteiger partial charge in [-0.1, -0.05) is 55.5 Å². The van der Waals surface area contributed by atoms with E-state index in [1.54, 1.807) is 0 Å². The molecule has 0 aromatic heterocycles. The van der Waals surface area contributed by atoms with Crippen molar-refractivity contribution in [1.82, 2.24) is 4.90 Å². The van der Waals surface area contributed by atoms with Crippen molar-refractivity contribution in [1.29, 1.82) is 0 Å². The number of hydrogen-bond acceptors (Lipinski definition) is 2. The van der Waals surface area contributed by atoms with Crippen LogP contribution in [0.4, 0.5) is 0 Å². The van der Waals surface area contributed by atoms with Gasteiger partial charge in [0.05, 0.1) is 12.6 Å². The first-order valence-electron chi connectivity index (χ1n) is 7.86. The highest BCUT2D eigenvalue weighted by atomic mass is 16.3. The van der Waals surface area contributed by atoms with E-state index in [0.717, 1.165) is 6.54 Å². The van der Waals surface area contributed by atoms with E-state index in [0.29, 0.717) is 12.0 Å². The van der Waals surface area contributed by atoms with Gasteiger partial charge in [-0.25, -0.2) is 0 Å². The lowest BCUT2D eigenvalue weighted by Gasteiger charge is -2.32. The van der Waals surface area contributed by atoms with Crippen molar-refractivity contribution in [2.75, 3.05) is 13.2 Å². The van der Waals surface area contributed by atoms with Gasteiger partial charge in [0, 0.05) is 6.04 Å². The fourth-order valence-corrected chi connectivity index (χ4v) is 4.13. The summed E-state index contributed by atoms with van der Waals surface area (Å²) in [6, 6.07) is 18.0. The average Bonchev–Trinajstić information content (AvgIpc) is 3.05. The minimum absolute atomic E-state index is 0.252. The molecule has 1 aliphatic heterocycles. The third-order valence-corrected chi connectivity index (χ3v) is 5.25. The second-order valence-corrected chi connectivity index (χ2v) is 6.33. The van der Waals surface area contributed by atoms with Crippen molar-refractivity contribution in [2.45, 2.75) is 25.4 Å². The summed E-state index contributed by atoms with van der Waals surface area (Å²) in [4.78, 5) is 2.51. The molecule has 2 nitrogen and oxygen atoms in total. The number of likely N-dealkylation sites (tertiary alicyclic amines) is 1. The Morgan fingerprint density at radius 3 is 2.14 bits per heavy atom. The van der Waals surface area contributed by atoms with Crippen molar-refractivity contribution >= 4 is 0 Å². The third-order valence-electron chi connectivity index (χ3n) is 5.25. The molecule has 0 spiro atoms. The molecular weight excluding hydrogens is 258 g/mol. The Bertz CT molecular complexity index is 621. The van der Waals surface area contributed by atoms with E-state index in [1.807, 2.05) is 0 Å². The molecule has 1 heterocycles. The van der Waals surface area contributed by atoms with Crippen LogP contribution in [0.5, 0.6) is 0 Å². The molecule has 2 aromatic carbocycles. The molecule has 1 aliphatic carbocycles. The summed E-state index contributed by atoms with van der Waals surface area (Å²) in [5.41, 5.74) is 5.50. The SMILES string of the molecule is CC1CCN(C2c3ccccc3-c3ccccc32)C1CO. The molecule has 2 heteroatoms. The Morgan fingerprint density at radius 2 is 1.57 bits per heavy atom. The zero-order chi connectivity index (χ0) is 14.4. The van der Waals surface area contributed by atoms with Crippen molar-refractivity contribution < 1.29 is 5.11 Å². The van der Waals surface area contributed by atoms with Gasteiger partial charge in [0.15, 0.2) is 0 Å². The Labute approximate surface area is 126 Å².